The van der Waals surface area contributed by atoms with Gasteiger partial charge in [0.1, 0.15) is 16.7 Å². The van der Waals surface area contributed by atoms with Gasteiger partial charge in [-0.25, -0.2) is 8.42 Å². The Morgan fingerprint density at radius 2 is 1.90 bits per heavy atom. The number of rotatable bonds is 5. The average molecular weight is 313 g/mol. The van der Waals surface area contributed by atoms with Gasteiger partial charge in [-0.1, -0.05) is 12.1 Å². The van der Waals surface area contributed by atoms with Crippen molar-refractivity contribution in [3.63, 3.8) is 0 Å². The summed E-state index contributed by atoms with van der Waals surface area (Å²) in [6.45, 7) is 1.03. The predicted octanol–water partition coefficient (Wildman–Crippen LogP) is 1.34. The number of hydrogen-bond acceptors (Lipinski definition) is 4. The minimum atomic E-state index is -5.07. The van der Waals surface area contributed by atoms with Crippen LogP contribution in [0.25, 0.3) is 0 Å². The van der Waals surface area contributed by atoms with Crippen molar-refractivity contribution in [1.29, 1.82) is 0 Å². The van der Waals surface area contributed by atoms with E-state index in [0.717, 1.165) is 25.1 Å². The van der Waals surface area contributed by atoms with E-state index in [2.05, 4.69) is 4.74 Å². The first-order chi connectivity index (χ1) is 9.03. The molecular weight excluding hydrogens is 303 g/mol. The topological polar surface area (TPSA) is 92.7 Å². The number of ether oxygens (including phenoxy) is 1. The normalized spacial score (nSPS) is 13.8. The first-order valence-electron chi connectivity index (χ1n) is 5.13. The van der Waals surface area contributed by atoms with Gasteiger partial charge in [0.05, 0.1) is 0 Å². The number of carbonyl (C=O) groups is 1. The van der Waals surface area contributed by atoms with Crippen molar-refractivity contribution in [3.8, 4) is 5.75 Å². The second-order valence-corrected chi connectivity index (χ2v) is 5.36. The lowest BCUT2D eigenvalue weighted by Crippen LogP contribution is -2.38. The molecule has 0 fully saturated rings. The van der Waals surface area contributed by atoms with Gasteiger partial charge < -0.3 is 9.84 Å². The Bertz CT molecular complexity index is 599. The van der Waals surface area contributed by atoms with Crippen LogP contribution in [0.15, 0.2) is 29.2 Å². The summed E-state index contributed by atoms with van der Waals surface area (Å²) in [4.78, 5) is 9.78. The fourth-order valence-corrected chi connectivity index (χ4v) is 2.55. The molecule has 1 rings (SSSR count). The molecule has 2 N–H and O–H groups in total. The highest BCUT2D eigenvalue weighted by Gasteiger charge is 2.34. The molecule has 0 aliphatic rings. The lowest BCUT2D eigenvalue weighted by atomic mass is 10.3. The van der Waals surface area contributed by atoms with Gasteiger partial charge in [0.25, 0.3) is 0 Å². The minimum absolute atomic E-state index is 0.801. The van der Waals surface area contributed by atoms with Crippen molar-refractivity contribution in [3.05, 3.63) is 24.3 Å². The average Bonchev–Trinajstić information content (AvgIpc) is 2.26. The summed E-state index contributed by atoms with van der Waals surface area (Å²) in [5, 5.41) is 8.61. The number of carboxylic acid groups (broad SMARTS) is 1. The van der Waals surface area contributed by atoms with Gasteiger partial charge in [0, 0.05) is 0 Å². The number of para-hydroxylation sites is 1. The largest absolute Gasteiger partial charge is 0.573 e. The Morgan fingerprint density at radius 1 is 1.35 bits per heavy atom. The number of hydrogen-bond donors (Lipinski definition) is 2. The van der Waals surface area contributed by atoms with Gasteiger partial charge in [-0.15, -0.1) is 13.2 Å². The van der Waals surface area contributed by atoms with Crippen LogP contribution in [-0.4, -0.2) is 31.9 Å². The van der Waals surface area contributed by atoms with E-state index >= 15 is 0 Å². The van der Waals surface area contributed by atoms with Crippen molar-refractivity contribution in [2.45, 2.75) is 24.2 Å². The van der Waals surface area contributed by atoms with Crippen molar-refractivity contribution < 1.29 is 36.2 Å². The molecule has 6 nitrogen and oxygen atoms in total. The van der Waals surface area contributed by atoms with Crippen molar-refractivity contribution in [2.75, 3.05) is 0 Å². The van der Waals surface area contributed by atoms with E-state index in [1.54, 1.807) is 4.72 Å². The summed E-state index contributed by atoms with van der Waals surface area (Å²) in [6, 6.07) is 2.52. The highest BCUT2D eigenvalue weighted by atomic mass is 32.2. The van der Waals surface area contributed by atoms with Crippen molar-refractivity contribution >= 4 is 16.0 Å². The number of nitrogens with one attached hydrogen (secondary N) is 1. The summed E-state index contributed by atoms with van der Waals surface area (Å²) in [5.74, 6) is -2.41. The molecule has 0 saturated carbocycles. The molecule has 0 amide bonds. The zero-order valence-corrected chi connectivity index (χ0v) is 10.8. The van der Waals surface area contributed by atoms with Gasteiger partial charge in [-0.2, -0.15) is 4.72 Å². The summed E-state index contributed by atoms with van der Waals surface area (Å²) in [6.07, 6.45) is -5.07. The fraction of sp³-hybridized carbons (Fsp3) is 0.300. The van der Waals surface area contributed by atoms with Crippen LogP contribution in [0.5, 0.6) is 5.75 Å². The monoisotopic (exact) mass is 313 g/mol. The lowest BCUT2D eigenvalue weighted by Gasteiger charge is -2.15. The zero-order valence-electron chi connectivity index (χ0n) is 10.0. The standard InChI is InChI=1S/C10H10F3NO5S/c1-6(9(15)16)14-20(17,18)8-5-3-2-4-7(8)19-10(11,12)13/h2-6,14H,1H3,(H,15,16)/t6-/m1/s1. The van der Waals surface area contributed by atoms with Gasteiger partial charge in [-0.3, -0.25) is 4.79 Å². The van der Waals surface area contributed by atoms with E-state index in [9.17, 15) is 26.4 Å². The van der Waals surface area contributed by atoms with Crippen LogP contribution in [-0.2, 0) is 14.8 Å². The third kappa shape index (κ3) is 4.38. The third-order valence-electron chi connectivity index (χ3n) is 2.07. The molecule has 1 atom stereocenters. The van der Waals surface area contributed by atoms with Crippen LogP contribution in [0.3, 0.4) is 0 Å². The van der Waals surface area contributed by atoms with E-state index in [1.165, 1.54) is 6.07 Å². The minimum Gasteiger partial charge on any atom is -0.480 e. The molecule has 0 heterocycles. The van der Waals surface area contributed by atoms with Crippen LogP contribution < -0.4 is 9.46 Å². The molecule has 20 heavy (non-hydrogen) atoms. The van der Waals surface area contributed by atoms with Gasteiger partial charge in [0.15, 0.2) is 0 Å². The van der Waals surface area contributed by atoms with Crippen LogP contribution in [0, 0.1) is 0 Å². The van der Waals surface area contributed by atoms with E-state index in [4.69, 9.17) is 5.11 Å². The first-order valence-corrected chi connectivity index (χ1v) is 6.61. The summed E-state index contributed by atoms with van der Waals surface area (Å²) in [5.41, 5.74) is 0. The Kier molecular flexibility index (Phi) is 4.61. The van der Waals surface area contributed by atoms with Crippen LogP contribution in [0.2, 0.25) is 0 Å². The van der Waals surface area contributed by atoms with Crippen LogP contribution in [0.1, 0.15) is 6.92 Å². The second kappa shape index (κ2) is 5.67. The molecule has 0 bridgehead atoms. The van der Waals surface area contributed by atoms with Crippen molar-refractivity contribution in [2.24, 2.45) is 0 Å². The van der Waals surface area contributed by atoms with Crippen LogP contribution in [0.4, 0.5) is 13.2 Å². The fourth-order valence-electron chi connectivity index (χ4n) is 1.23. The van der Waals surface area contributed by atoms with E-state index in [-0.39, 0.29) is 0 Å². The first kappa shape index (κ1) is 16.2. The maximum absolute atomic E-state index is 12.2. The number of carboxylic acids is 1. The zero-order chi connectivity index (χ0) is 15.6. The summed E-state index contributed by atoms with van der Waals surface area (Å²) >= 11 is 0. The smallest absolute Gasteiger partial charge is 0.480 e. The number of benzene rings is 1. The maximum atomic E-state index is 12.2. The Hall–Kier alpha value is -1.81. The Morgan fingerprint density at radius 3 is 2.40 bits per heavy atom. The maximum Gasteiger partial charge on any atom is 0.573 e. The van der Waals surface area contributed by atoms with E-state index < -0.39 is 39.0 Å². The molecule has 1 aromatic rings. The van der Waals surface area contributed by atoms with Gasteiger partial charge in [-0.05, 0) is 19.1 Å². The highest BCUT2D eigenvalue weighted by molar-refractivity contribution is 7.89. The Labute approximate surface area is 112 Å². The molecule has 0 aromatic heterocycles. The highest BCUT2D eigenvalue weighted by Crippen LogP contribution is 2.29. The number of halogens is 3. The van der Waals surface area contributed by atoms with E-state index in [0.29, 0.717) is 0 Å². The third-order valence-corrected chi connectivity index (χ3v) is 3.65. The molecule has 0 unspecified atom stereocenters. The number of sulfonamides is 1. The molecule has 0 radical (unpaired) electrons. The van der Waals surface area contributed by atoms with Gasteiger partial charge in [0.2, 0.25) is 10.0 Å². The summed E-state index contributed by atoms with van der Waals surface area (Å²) < 4.78 is 65.5. The van der Waals surface area contributed by atoms with Crippen LogP contribution >= 0.6 is 0 Å². The van der Waals surface area contributed by atoms with Gasteiger partial charge >= 0.3 is 12.3 Å². The molecule has 1 aromatic carbocycles. The molecule has 10 heteroatoms. The molecular formula is C10H10F3NO5S. The predicted molar refractivity (Wildman–Crippen MR) is 60.5 cm³/mol. The molecule has 0 spiro atoms. The second-order valence-electron chi connectivity index (χ2n) is 3.68. The SMILES string of the molecule is C[C@@H](NS(=O)(=O)c1ccccc1OC(F)(F)F)C(=O)O. The molecule has 0 aliphatic heterocycles. The van der Waals surface area contributed by atoms with E-state index in [1.807, 2.05) is 0 Å². The molecule has 0 aliphatic carbocycles. The number of alkyl halides is 3. The Balaban J connectivity index is 3.16. The lowest BCUT2D eigenvalue weighted by molar-refractivity contribution is -0.275. The van der Waals surface area contributed by atoms with Crippen molar-refractivity contribution in [1.82, 2.24) is 4.72 Å². The number of aliphatic carboxylic acids is 1. The quantitative estimate of drug-likeness (QED) is 0.855. The molecule has 112 valence electrons. The summed E-state index contributed by atoms with van der Waals surface area (Å²) in [7, 11) is -4.46. The molecule has 0 saturated heterocycles.